The van der Waals surface area contributed by atoms with Gasteiger partial charge in [-0.1, -0.05) is 27.7 Å². The molecular formula is C16H28O2. The lowest BCUT2D eigenvalue weighted by atomic mass is 9.61. The van der Waals surface area contributed by atoms with Crippen molar-refractivity contribution < 1.29 is 9.53 Å². The first-order valence-corrected chi connectivity index (χ1v) is 7.72. The minimum Gasteiger partial charge on any atom is -0.373 e. The number of ether oxygens (including phenoxy) is 1. The van der Waals surface area contributed by atoms with Crippen LogP contribution >= 0.6 is 0 Å². The predicted molar refractivity (Wildman–Crippen MR) is 73.5 cm³/mol. The van der Waals surface area contributed by atoms with E-state index in [4.69, 9.17) is 4.74 Å². The van der Waals surface area contributed by atoms with Crippen LogP contribution in [-0.4, -0.2) is 18.0 Å². The molecule has 2 saturated carbocycles. The third kappa shape index (κ3) is 2.24. The van der Waals surface area contributed by atoms with Gasteiger partial charge in [0, 0.05) is 6.42 Å². The van der Waals surface area contributed by atoms with Crippen LogP contribution in [0, 0.1) is 17.3 Å². The number of carbonyl (C=O) groups is 1. The maximum absolute atomic E-state index is 11.9. The van der Waals surface area contributed by atoms with Gasteiger partial charge in [-0.25, -0.2) is 0 Å². The number of rotatable bonds is 4. The van der Waals surface area contributed by atoms with Crippen LogP contribution in [0.4, 0.5) is 0 Å². The molecule has 0 aromatic rings. The first-order valence-electron chi connectivity index (χ1n) is 7.72. The van der Waals surface area contributed by atoms with Crippen molar-refractivity contribution in [2.24, 2.45) is 17.3 Å². The van der Waals surface area contributed by atoms with Gasteiger partial charge in [-0.2, -0.15) is 0 Å². The maximum atomic E-state index is 11.9. The largest absolute Gasteiger partial charge is 0.373 e. The summed E-state index contributed by atoms with van der Waals surface area (Å²) in [5.41, 5.74) is -0.147. The lowest BCUT2D eigenvalue weighted by Gasteiger charge is -2.49. The van der Waals surface area contributed by atoms with Gasteiger partial charge in [0.2, 0.25) is 0 Å². The summed E-state index contributed by atoms with van der Waals surface area (Å²) < 4.78 is 6.29. The highest BCUT2D eigenvalue weighted by Gasteiger charge is 2.53. The van der Waals surface area contributed by atoms with Gasteiger partial charge in [-0.15, -0.1) is 0 Å². The minimum atomic E-state index is -0.147. The van der Waals surface area contributed by atoms with Crippen LogP contribution in [0.25, 0.3) is 0 Å². The van der Waals surface area contributed by atoms with Crippen LogP contribution in [-0.2, 0) is 9.53 Å². The van der Waals surface area contributed by atoms with Crippen molar-refractivity contribution in [3.05, 3.63) is 0 Å². The molecule has 4 atom stereocenters. The molecule has 18 heavy (non-hydrogen) atoms. The van der Waals surface area contributed by atoms with E-state index in [0.717, 1.165) is 24.7 Å². The molecule has 104 valence electrons. The Kier molecular flexibility index (Phi) is 4.15. The van der Waals surface area contributed by atoms with Gasteiger partial charge in [0.05, 0.1) is 17.6 Å². The van der Waals surface area contributed by atoms with Crippen LogP contribution < -0.4 is 0 Å². The Labute approximate surface area is 111 Å². The predicted octanol–water partition coefficient (Wildman–Crippen LogP) is 3.98. The lowest BCUT2D eigenvalue weighted by molar-refractivity contribution is -0.178. The van der Waals surface area contributed by atoms with Crippen molar-refractivity contribution in [2.75, 3.05) is 0 Å². The summed E-state index contributed by atoms with van der Waals surface area (Å²) in [6.07, 6.45) is 6.75. The number of carbonyl (C=O) groups excluding carboxylic acids is 1. The first kappa shape index (κ1) is 14.0. The summed E-state index contributed by atoms with van der Waals surface area (Å²) in [5, 5.41) is 0. The summed E-state index contributed by atoms with van der Waals surface area (Å²) in [6, 6.07) is 0. The van der Waals surface area contributed by atoms with Crippen LogP contribution in [0.3, 0.4) is 0 Å². The van der Waals surface area contributed by atoms with E-state index < -0.39 is 0 Å². The molecule has 0 spiro atoms. The van der Waals surface area contributed by atoms with E-state index in [0.29, 0.717) is 18.3 Å². The molecule has 0 radical (unpaired) electrons. The molecule has 0 saturated heterocycles. The van der Waals surface area contributed by atoms with Crippen LogP contribution in [0.5, 0.6) is 0 Å². The fraction of sp³-hybridized carbons (Fsp3) is 0.938. The summed E-state index contributed by atoms with van der Waals surface area (Å²) in [5.74, 6) is 2.02. The number of hydrogen-bond donors (Lipinski definition) is 0. The van der Waals surface area contributed by atoms with Crippen LogP contribution in [0.1, 0.15) is 66.2 Å². The Morgan fingerprint density at radius 2 is 1.83 bits per heavy atom. The molecule has 0 heterocycles. The summed E-state index contributed by atoms with van der Waals surface area (Å²) >= 11 is 0. The molecule has 0 N–H and O–H groups in total. The molecule has 2 nitrogen and oxygen atoms in total. The molecule has 0 bridgehead atoms. The van der Waals surface area contributed by atoms with Crippen molar-refractivity contribution in [3.63, 3.8) is 0 Å². The molecule has 2 aliphatic rings. The van der Waals surface area contributed by atoms with Gasteiger partial charge in [0.1, 0.15) is 5.78 Å². The maximum Gasteiger partial charge on any atom is 0.144 e. The second-order valence-corrected chi connectivity index (χ2v) is 6.50. The average Bonchev–Trinajstić information content (AvgIpc) is 2.35. The highest BCUT2D eigenvalue weighted by Crippen LogP contribution is 2.47. The van der Waals surface area contributed by atoms with Gasteiger partial charge in [-0.3, -0.25) is 4.79 Å². The molecule has 2 heteroatoms. The molecule has 2 fully saturated rings. The van der Waals surface area contributed by atoms with Crippen LogP contribution in [0.15, 0.2) is 0 Å². The van der Waals surface area contributed by atoms with E-state index in [-0.39, 0.29) is 11.5 Å². The van der Waals surface area contributed by atoms with Crippen molar-refractivity contribution in [1.29, 1.82) is 0 Å². The summed E-state index contributed by atoms with van der Waals surface area (Å²) in [6.45, 7) is 8.93. The fourth-order valence-electron chi connectivity index (χ4n) is 3.75. The standard InChI is InChI=1S/C16H28O2/c1-5-16(6-2)14(17)10-15(16)18-13-8-7-11(3)12(4)9-13/h11-13,15H,5-10H2,1-4H3. The topological polar surface area (TPSA) is 26.3 Å². The molecule has 2 aliphatic carbocycles. The third-order valence-corrected chi connectivity index (χ3v) is 5.71. The normalized spacial score (nSPS) is 39.4. The fourth-order valence-corrected chi connectivity index (χ4v) is 3.75. The Morgan fingerprint density at radius 1 is 1.17 bits per heavy atom. The van der Waals surface area contributed by atoms with Gasteiger partial charge in [-0.05, 0) is 43.9 Å². The Bertz CT molecular complexity index is 306. The Balaban J connectivity index is 1.93. The van der Waals surface area contributed by atoms with Crippen molar-refractivity contribution >= 4 is 5.78 Å². The van der Waals surface area contributed by atoms with E-state index >= 15 is 0 Å². The zero-order valence-electron chi connectivity index (χ0n) is 12.4. The molecule has 0 aromatic heterocycles. The monoisotopic (exact) mass is 252 g/mol. The van der Waals surface area contributed by atoms with E-state index in [1.54, 1.807) is 0 Å². The SMILES string of the molecule is CCC1(CC)C(=O)CC1OC1CCC(C)C(C)C1. The second-order valence-electron chi connectivity index (χ2n) is 6.50. The van der Waals surface area contributed by atoms with Crippen molar-refractivity contribution in [3.8, 4) is 0 Å². The average molecular weight is 252 g/mol. The molecule has 4 unspecified atom stereocenters. The van der Waals surface area contributed by atoms with Gasteiger partial charge < -0.3 is 4.74 Å². The highest BCUT2D eigenvalue weighted by atomic mass is 16.5. The number of Topliss-reactive ketones (excluding diaryl/α,β-unsaturated/α-hetero) is 1. The molecule has 0 aromatic carbocycles. The van der Waals surface area contributed by atoms with Crippen molar-refractivity contribution in [1.82, 2.24) is 0 Å². The first-order chi connectivity index (χ1) is 8.53. The summed E-state index contributed by atoms with van der Waals surface area (Å²) in [4.78, 5) is 11.9. The Hall–Kier alpha value is -0.370. The Morgan fingerprint density at radius 3 is 2.33 bits per heavy atom. The third-order valence-electron chi connectivity index (χ3n) is 5.71. The minimum absolute atomic E-state index is 0.147. The zero-order valence-corrected chi connectivity index (χ0v) is 12.4. The van der Waals surface area contributed by atoms with Gasteiger partial charge >= 0.3 is 0 Å². The smallest absolute Gasteiger partial charge is 0.144 e. The number of ketones is 1. The lowest BCUT2D eigenvalue weighted by Crippen LogP contribution is -2.56. The van der Waals surface area contributed by atoms with Gasteiger partial charge in [0.15, 0.2) is 0 Å². The molecular weight excluding hydrogens is 224 g/mol. The summed E-state index contributed by atoms with van der Waals surface area (Å²) in [7, 11) is 0. The van der Waals surface area contributed by atoms with Crippen molar-refractivity contribution in [2.45, 2.75) is 78.4 Å². The van der Waals surface area contributed by atoms with E-state index in [2.05, 4.69) is 27.7 Å². The number of hydrogen-bond acceptors (Lipinski definition) is 2. The molecule has 0 aliphatic heterocycles. The van der Waals surface area contributed by atoms with Crippen LogP contribution in [0.2, 0.25) is 0 Å². The van der Waals surface area contributed by atoms with Gasteiger partial charge in [0.25, 0.3) is 0 Å². The second kappa shape index (κ2) is 5.32. The highest BCUT2D eigenvalue weighted by molar-refractivity contribution is 5.92. The quantitative estimate of drug-likeness (QED) is 0.756. The molecule has 2 rings (SSSR count). The van der Waals surface area contributed by atoms with E-state index in [1.807, 2.05) is 0 Å². The molecule has 0 amide bonds. The van der Waals surface area contributed by atoms with E-state index in [9.17, 15) is 4.79 Å². The zero-order chi connectivity index (χ0) is 13.3. The van der Waals surface area contributed by atoms with E-state index in [1.165, 1.54) is 19.3 Å².